The Morgan fingerprint density at radius 1 is 1.50 bits per heavy atom. The number of halogens is 4. The first-order valence-corrected chi connectivity index (χ1v) is 5.21. The van der Waals surface area contributed by atoms with Gasteiger partial charge < -0.3 is 10.5 Å². The maximum Gasteiger partial charge on any atom is 0.573 e. The van der Waals surface area contributed by atoms with Gasteiger partial charge in [0.1, 0.15) is 5.75 Å². The molecule has 0 saturated carbocycles. The smallest absolute Gasteiger partial charge is 0.405 e. The van der Waals surface area contributed by atoms with Crippen LogP contribution < -0.4 is 15.9 Å². The van der Waals surface area contributed by atoms with Crippen molar-refractivity contribution in [1.29, 1.82) is 0 Å². The first kappa shape index (κ1) is 14.3. The highest BCUT2D eigenvalue weighted by molar-refractivity contribution is 9.10. The number of rotatable bonds is 3. The van der Waals surface area contributed by atoms with Crippen LogP contribution in [0, 0.1) is 0 Å². The Hall–Kier alpha value is -1.77. The number of amides is 2. The number of hydrogen-bond donors (Lipinski definition) is 2. The normalized spacial score (nSPS) is 11.6. The van der Waals surface area contributed by atoms with Crippen LogP contribution in [0.15, 0.2) is 27.8 Å². The number of nitrogens with one attached hydrogen (secondary N) is 1. The minimum atomic E-state index is -4.79. The molecule has 0 aromatic heterocycles. The molecule has 3 N–H and O–H groups in total. The van der Waals surface area contributed by atoms with Crippen molar-refractivity contribution in [2.45, 2.75) is 6.36 Å². The summed E-state index contributed by atoms with van der Waals surface area (Å²) < 4.78 is 40.1. The third-order valence-corrected chi connectivity index (χ3v) is 2.22. The molecule has 1 aromatic rings. The van der Waals surface area contributed by atoms with Crippen LogP contribution in [-0.4, -0.2) is 18.6 Å². The SMILES string of the molecule is NC(=O)NN=Cc1ccc(Br)c(OC(F)(F)F)c1. The van der Waals surface area contributed by atoms with E-state index in [1.165, 1.54) is 12.1 Å². The molecule has 0 unspecified atom stereocenters. The summed E-state index contributed by atoms with van der Waals surface area (Å²) in [7, 11) is 0. The monoisotopic (exact) mass is 325 g/mol. The Kier molecular flexibility index (Phi) is 4.54. The molecule has 18 heavy (non-hydrogen) atoms. The molecular formula is C9H7BrF3N3O2. The Morgan fingerprint density at radius 3 is 2.72 bits per heavy atom. The number of hydrogen-bond acceptors (Lipinski definition) is 3. The van der Waals surface area contributed by atoms with Crippen LogP contribution in [-0.2, 0) is 0 Å². The first-order valence-electron chi connectivity index (χ1n) is 4.42. The number of benzene rings is 1. The molecule has 9 heteroatoms. The molecule has 0 aliphatic rings. The van der Waals surface area contributed by atoms with Crippen molar-refractivity contribution in [2.75, 3.05) is 0 Å². The maximum absolute atomic E-state index is 12.1. The summed E-state index contributed by atoms with van der Waals surface area (Å²) in [6.07, 6.45) is -3.66. The van der Waals surface area contributed by atoms with Crippen LogP contribution >= 0.6 is 15.9 Å². The van der Waals surface area contributed by atoms with Crippen molar-refractivity contribution in [3.8, 4) is 5.75 Å². The first-order chi connectivity index (χ1) is 8.28. The molecule has 5 nitrogen and oxygen atoms in total. The lowest BCUT2D eigenvalue weighted by molar-refractivity contribution is -0.274. The van der Waals surface area contributed by atoms with Gasteiger partial charge in [-0.15, -0.1) is 13.2 Å². The molecule has 0 heterocycles. The van der Waals surface area contributed by atoms with Crippen LogP contribution in [0.5, 0.6) is 5.75 Å². The third kappa shape index (κ3) is 5.04. The highest BCUT2D eigenvalue weighted by Gasteiger charge is 2.31. The summed E-state index contributed by atoms with van der Waals surface area (Å²) >= 11 is 2.92. The third-order valence-electron chi connectivity index (χ3n) is 1.57. The predicted molar refractivity (Wildman–Crippen MR) is 61.1 cm³/mol. The number of alkyl halides is 3. The fraction of sp³-hybridized carbons (Fsp3) is 0.111. The number of nitrogens with zero attached hydrogens (tertiary/aromatic N) is 1. The van der Waals surface area contributed by atoms with Crippen molar-refractivity contribution >= 4 is 28.2 Å². The van der Waals surface area contributed by atoms with E-state index in [2.05, 4.69) is 25.8 Å². The van der Waals surface area contributed by atoms with E-state index >= 15 is 0 Å². The van der Waals surface area contributed by atoms with Gasteiger partial charge in [0, 0.05) is 0 Å². The average Bonchev–Trinajstić information content (AvgIpc) is 2.20. The van der Waals surface area contributed by atoms with Gasteiger partial charge in [-0.1, -0.05) is 6.07 Å². The number of carbonyl (C=O) groups excluding carboxylic acids is 1. The van der Waals surface area contributed by atoms with E-state index in [0.29, 0.717) is 5.56 Å². The molecule has 0 atom stereocenters. The zero-order valence-electron chi connectivity index (χ0n) is 8.66. The molecule has 1 rings (SSSR count). The minimum absolute atomic E-state index is 0.139. The lowest BCUT2D eigenvalue weighted by atomic mass is 10.2. The summed E-state index contributed by atoms with van der Waals surface area (Å²) in [6, 6.07) is 3.05. The number of ether oxygens (including phenoxy) is 1. The molecule has 1 aromatic carbocycles. The lowest BCUT2D eigenvalue weighted by Gasteiger charge is -2.10. The zero-order chi connectivity index (χ0) is 13.8. The van der Waals surface area contributed by atoms with Gasteiger partial charge in [0.2, 0.25) is 0 Å². The summed E-state index contributed by atoms with van der Waals surface area (Å²) in [5, 5.41) is 3.41. The molecule has 98 valence electrons. The average molecular weight is 326 g/mol. The van der Waals surface area contributed by atoms with Crippen LogP contribution in [0.1, 0.15) is 5.56 Å². The van der Waals surface area contributed by atoms with Crippen LogP contribution in [0.25, 0.3) is 0 Å². The van der Waals surface area contributed by atoms with Gasteiger partial charge in [-0.05, 0) is 33.6 Å². The molecule has 0 saturated heterocycles. The van der Waals surface area contributed by atoms with Crippen LogP contribution in [0.4, 0.5) is 18.0 Å². The van der Waals surface area contributed by atoms with Gasteiger partial charge in [0.25, 0.3) is 0 Å². The Balaban J connectivity index is 2.87. The highest BCUT2D eigenvalue weighted by atomic mass is 79.9. The maximum atomic E-state index is 12.1. The number of nitrogens with two attached hydrogens (primary N) is 1. The van der Waals surface area contributed by atoms with E-state index in [4.69, 9.17) is 5.73 Å². The van der Waals surface area contributed by atoms with Crippen LogP contribution in [0.3, 0.4) is 0 Å². The van der Waals surface area contributed by atoms with E-state index in [9.17, 15) is 18.0 Å². The van der Waals surface area contributed by atoms with Gasteiger partial charge in [-0.25, -0.2) is 10.2 Å². The molecule has 0 fully saturated rings. The van der Waals surface area contributed by atoms with E-state index < -0.39 is 18.1 Å². The summed E-state index contributed by atoms with van der Waals surface area (Å²) in [5.41, 5.74) is 6.96. The van der Waals surface area contributed by atoms with Gasteiger partial charge in [0.15, 0.2) is 0 Å². The summed E-state index contributed by atoms with van der Waals surface area (Å²) in [5.74, 6) is -0.412. The molecule has 0 radical (unpaired) electrons. The van der Waals surface area contributed by atoms with Crippen molar-refractivity contribution in [2.24, 2.45) is 10.8 Å². The standard InChI is InChI=1S/C9H7BrF3N3O2/c10-6-2-1-5(4-15-16-8(14)17)3-7(6)18-9(11,12)13/h1-4H,(H3,14,16,17). The van der Waals surface area contributed by atoms with Gasteiger partial charge >= 0.3 is 12.4 Å². The topological polar surface area (TPSA) is 76.7 Å². The number of primary amides is 1. The van der Waals surface area contributed by atoms with Crippen molar-refractivity contribution < 1.29 is 22.7 Å². The van der Waals surface area contributed by atoms with Gasteiger partial charge in [-0.2, -0.15) is 5.10 Å². The molecular weight excluding hydrogens is 319 g/mol. The van der Waals surface area contributed by atoms with Crippen molar-refractivity contribution in [1.82, 2.24) is 5.43 Å². The minimum Gasteiger partial charge on any atom is -0.405 e. The van der Waals surface area contributed by atoms with Gasteiger partial charge in [0.05, 0.1) is 10.7 Å². The lowest BCUT2D eigenvalue weighted by Crippen LogP contribution is -2.24. The van der Waals surface area contributed by atoms with E-state index in [1.807, 2.05) is 5.43 Å². The second-order valence-corrected chi connectivity index (χ2v) is 3.83. The number of urea groups is 1. The van der Waals surface area contributed by atoms with Crippen molar-refractivity contribution in [3.63, 3.8) is 0 Å². The zero-order valence-corrected chi connectivity index (χ0v) is 10.2. The van der Waals surface area contributed by atoms with E-state index in [0.717, 1.165) is 12.3 Å². The molecule has 0 bridgehead atoms. The second-order valence-electron chi connectivity index (χ2n) is 2.97. The number of hydrazone groups is 1. The Labute approximate surface area is 108 Å². The van der Waals surface area contributed by atoms with E-state index in [-0.39, 0.29) is 4.47 Å². The largest absolute Gasteiger partial charge is 0.573 e. The van der Waals surface area contributed by atoms with Gasteiger partial charge in [-0.3, -0.25) is 0 Å². The van der Waals surface area contributed by atoms with Crippen molar-refractivity contribution in [3.05, 3.63) is 28.2 Å². The summed E-state index contributed by atoms with van der Waals surface area (Å²) in [6.45, 7) is 0. The molecule has 0 aliphatic carbocycles. The highest BCUT2D eigenvalue weighted by Crippen LogP contribution is 2.30. The second kappa shape index (κ2) is 5.71. The fourth-order valence-electron chi connectivity index (χ4n) is 0.974. The molecule has 0 aliphatic heterocycles. The fourth-order valence-corrected chi connectivity index (χ4v) is 1.30. The Morgan fingerprint density at radius 2 is 2.17 bits per heavy atom. The Bertz CT molecular complexity index is 477. The van der Waals surface area contributed by atoms with Crippen LogP contribution in [0.2, 0.25) is 0 Å². The molecule has 0 spiro atoms. The van der Waals surface area contributed by atoms with E-state index in [1.54, 1.807) is 0 Å². The predicted octanol–water partition coefficient (Wildman–Crippen LogP) is 2.35. The number of carbonyl (C=O) groups is 1. The summed E-state index contributed by atoms with van der Waals surface area (Å²) in [4.78, 5) is 10.3. The molecule has 2 amide bonds. The quantitative estimate of drug-likeness (QED) is 0.661.